The van der Waals surface area contributed by atoms with Gasteiger partial charge in [-0.2, -0.15) is 23.3 Å². The fraction of sp³-hybridized carbons (Fsp3) is 0.368. The summed E-state index contributed by atoms with van der Waals surface area (Å²) in [6, 6.07) is 6.37. The Balaban J connectivity index is 1.40. The van der Waals surface area contributed by atoms with Crippen molar-refractivity contribution in [1.82, 2.24) is 19.7 Å². The first-order chi connectivity index (χ1) is 14.3. The third-order valence-corrected chi connectivity index (χ3v) is 5.93. The minimum Gasteiger partial charge on any atom is -0.353 e. The van der Waals surface area contributed by atoms with Crippen LogP contribution >= 0.6 is 11.3 Å². The number of piperazine rings is 1. The number of alkyl halides is 3. The maximum Gasteiger partial charge on any atom is 0.425 e. The van der Waals surface area contributed by atoms with Crippen LogP contribution in [0.25, 0.3) is 0 Å². The second-order valence-corrected chi connectivity index (χ2v) is 8.15. The van der Waals surface area contributed by atoms with E-state index in [2.05, 4.69) is 20.0 Å². The third kappa shape index (κ3) is 4.45. The van der Waals surface area contributed by atoms with Gasteiger partial charge in [-0.05, 0) is 30.7 Å². The zero-order chi connectivity index (χ0) is 21.3. The van der Waals surface area contributed by atoms with Crippen molar-refractivity contribution < 1.29 is 13.2 Å². The first kappa shape index (κ1) is 20.3. The lowest BCUT2D eigenvalue weighted by atomic mass is 10.2. The normalized spacial score (nSPS) is 14.9. The molecule has 0 aliphatic carbocycles. The van der Waals surface area contributed by atoms with Crippen molar-refractivity contribution in [2.24, 2.45) is 0 Å². The average Bonchev–Trinajstić information content (AvgIpc) is 3.20. The number of hydrogen-bond acceptors (Lipinski definition) is 7. The molecule has 0 amide bonds. The van der Waals surface area contributed by atoms with E-state index < -0.39 is 16.7 Å². The second-order valence-electron chi connectivity index (χ2n) is 6.99. The summed E-state index contributed by atoms with van der Waals surface area (Å²) >= 11 is 0.600. The molecule has 1 aliphatic heterocycles. The summed E-state index contributed by atoms with van der Waals surface area (Å²) in [4.78, 5) is 24.7. The molecule has 0 spiro atoms. The lowest BCUT2D eigenvalue weighted by Crippen LogP contribution is -2.47. The SMILES string of the molecule is Cc1ccc(N2CCN(c3cnn(Cc4ccc(C(F)(F)F)s4)c(=O)n3)CC2)nc1. The molecule has 0 radical (unpaired) electrons. The molecule has 3 aromatic rings. The molecule has 0 unspecified atom stereocenters. The van der Waals surface area contributed by atoms with Crippen LogP contribution in [0.3, 0.4) is 0 Å². The number of hydrogen-bond donors (Lipinski definition) is 0. The molecule has 0 saturated carbocycles. The molecule has 1 aliphatic rings. The van der Waals surface area contributed by atoms with Crippen LogP contribution < -0.4 is 15.5 Å². The summed E-state index contributed by atoms with van der Waals surface area (Å²) in [5, 5.41) is 4.11. The zero-order valence-corrected chi connectivity index (χ0v) is 16.9. The number of thiophene rings is 1. The van der Waals surface area contributed by atoms with Gasteiger partial charge < -0.3 is 9.80 Å². The fourth-order valence-corrected chi connectivity index (χ4v) is 4.05. The first-order valence-electron chi connectivity index (χ1n) is 9.32. The van der Waals surface area contributed by atoms with E-state index in [1.54, 1.807) is 0 Å². The summed E-state index contributed by atoms with van der Waals surface area (Å²) in [7, 11) is 0. The molecular weight excluding hydrogens is 417 g/mol. The maximum absolute atomic E-state index is 12.7. The van der Waals surface area contributed by atoms with E-state index in [-0.39, 0.29) is 6.54 Å². The van der Waals surface area contributed by atoms with Gasteiger partial charge in [-0.3, -0.25) is 0 Å². The van der Waals surface area contributed by atoms with Crippen molar-refractivity contribution in [3.63, 3.8) is 0 Å². The Morgan fingerprint density at radius 1 is 1.00 bits per heavy atom. The van der Waals surface area contributed by atoms with E-state index >= 15 is 0 Å². The predicted octanol–water partition coefficient (Wildman–Crippen LogP) is 2.80. The van der Waals surface area contributed by atoms with Gasteiger partial charge in [0.05, 0.1) is 12.7 Å². The lowest BCUT2D eigenvalue weighted by Gasteiger charge is -2.35. The van der Waals surface area contributed by atoms with Gasteiger partial charge in [0.25, 0.3) is 0 Å². The Morgan fingerprint density at radius 3 is 2.27 bits per heavy atom. The monoisotopic (exact) mass is 436 g/mol. The molecule has 0 atom stereocenters. The minimum atomic E-state index is -4.39. The van der Waals surface area contributed by atoms with E-state index in [9.17, 15) is 18.0 Å². The van der Waals surface area contributed by atoms with E-state index in [0.29, 0.717) is 35.1 Å². The van der Waals surface area contributed by atoms with Crippen LogP contribution in [0.15, 0.2) is 41.5 Å². The molecule has 1 saturated heterocycles. The average molecular weight is 436 g/mol. The number of rotatable bonds is 4. The quantitative estimate of drug-likeness (QED) is 0.627. The fourth-order valence-electron chi connectivity index (χ4n) is 3.19. The Kier molecular flexibility index (Phi) is 5.46. The van der Waals surface area contributed by atoms with Crippen molar-refractivity contribution in [3.05, 3.63) is 62.5 Å². The highest BCUT2D eigenvalue weighted by Gasteiger charge is 2.32. The van der Waals surface area contributed by atoms with Crippen LogP contribution in [-0.4, -0.2) is 45.9 Å². The Bertz CT molecular complexity index is 1070. The van der Waals surface area contributed by atoms with Gasteiger partial charge >= 0.3 is 11.9 Å². The van der Waals surface area contributed by atoms with Crippen molar-refractivity contribution in [3.8, 4) is 0 Å². The summed E-state index contributed by atoms with van der Waals surface area (Å²) < 4.78 is 39.3. The summed E-state index contributed by atoms with van der Waals surface area (Å²) in [5.41, 5.74) is 0.516. The summed E-state index contributed by atoms with van der Waals surface area (Å²) in [5.74, 6) is 1.38. The first-order valence-corrected chi connectivity index (χ1v) is 10.1. The molecule has 158 valence electrons. The summed E-state index contributed by atoms with van der Waals surface area (Å²) in [6.45, 7) is 4.73. The highest BCUT2D eigenvalue weighted by molar-refractivity contribution is 7.12. The highest BCUT2D eigenvalue weighted by atomic mass is 32.1. The topological polar surface area (TPSA) is 67.2 Å². The molecule has 7 nitrogen and oxygen atoms in total. The lowest BCUT2D eigenvalue weighted by molar-refractivity contribution is -0.134. The van der Waals surface area contributed by atoms with Crippen LogP contribution in [0.2, 0.25) is 0 Å². The molecule has 0 bridgehead atoms. The van der Waals surface area contributed by atoms with Crippen molar-refractivity contribution in [2.75, 3.05) is 36.0 Å². The van der Waals surface area contributed by atoms with Gasteiger partial charge in [0.2, 0.25) is 0 Å². The number of aromatic nitrogens is 4. The smallest absolute Gasteiger partial charge is 0.353 e. The molecule has 4 rings (SSSR count). The van der Waals surface area contributed by atoms with E-state index in [4.69, 9.17) is 0 Å². The standard InChI is InChI=1S/C19H19F3N6OS/c1-13-2-5-16(23-10-13)26-6-8-27(9-7-26)17-11-24-28(18(29)25-17)12-14-3-4-15(30-14)19(20,21)22/h2-5,10-11H,6-9,12H2,1H3. The van der Waals surface area contributed by atoms with E-state index in [1.165, 1.54) is 12.3 Å². The highest BCUT2D eigenvalue weighted by Crippen LogP contribution is 2.34. The van der Waals surface area contributed by atoms with Crippen molar-refractivity contribution in [1.29, 1.82) is 0 Å². The Morgan fingerprint density at radius 2 is 1.70 bits per heavy atom. The van der Waals surface area contributed by atoms with Gasteiger partial charge in [-0.15, -0.1) is 11.3 Å². The molecule has 4 heterocycles. The van der Waals surface area contributed by atoms with Crippen LogP contribution in [0, 0.1) is 6.92 Å². The number of aryl methyl sites for hydroxylation is 1. The molecule has 0 N–H and O–H groups in total. The number of halogens is 3. The van der Waals surface area contributed by atoms with E-state index in [0.717, 1.165) is 35.2 Å². The third-order valence-electron chi connectivity index (χ3n) is 4.81. The number of pyridine rings is 1. The van der Waals surface area contributed by atoms with Gasteiger partial charge in [-0.1, -0.05) is 6.07 Å². The number of nitrogens with zero attached hydrogens (tertiary/aromatic N) is 6. The van der Waals surface area contributed by atoms with Gasteiger partial charge in [0.1, 0.15) is 10.7 Å². The molecule has 3 aromatic heterocycles. The largest absolute Gasteiger partial charge is 0.425 e. The van der Waals surface area contributed by atoms with Gasteiger partial charge in [-0.25, -0.2) is 14.5 Å². The molecule has 30 heavy (non-hydrogen) atoms. The van der Waals surface area contributed by atoms with Crippen LogP contribution in [0.4, 0.5) is 24.8 Å². The Labute approximate surface area is 174 Å². The van der Waals surface area contributed by atoms with Gasteiger partial charge in [0, 0.05) is 37.3 Å². The van der Waals surface area contributed by atoms with Crippen LogP contribution in [-0.2, 0) is 12.7 Å². The van der Waals surface area contributed by atoms with Crippen molar-refractivity contribution in [2.45, 2.75) is 19.6 Å². The Hall–Kier alpha value is -2.95. The summed E-state index contributed by atoms with van der Waals surface area (Å²) in [6.07, 6.45) is -1.07. The zero-order valence-electron chi connectivity index (χ0n) is 16.1. The minimum absolute atomic E-state index is 0.0419. The van der Waals surface area contributed by atoms with Crippen LogP contribution in [0.5, 0.6) is 0 Å². The van der Waals surface area contributed by atoms with Crippen LogP contribution in [0.1, 0.15) is 15.3 Å². The number of anilines is 2. The predicted molar refractivity (Wildman–Crippen MR) is 108 cm³/mol. The van der Waals surface area contributed by atoms with Gasteiger partial charge in [0.15, 0.2) is 5.82 Å². The molecule has 1 fully saturated rings. The van der Waals surface area contributed by atoms with E-state index in [1.807, 2.05) is 30.2 Å². The van der Waals surface area contributed by atoms with Crippen molar-refractivity contribution >= 4 is 23.0 Å². The molecule has 0 aromatic carbocycles. The second kappa shape index (κ2) is 8.05. The molecule has 11 heteroatoms. The maximum atomic E-state index is 12.7. The molecular formula is C19H19F3N6OS.